The number of amides is 1. The fraction of sp³-hybridized carbons (Fsp3) is 0.320. The van der Waals surface area contributed by atoms with Crippen molar-refractivity contribution in [2.24, 2.45) is 0 Å². The fourth-order valence-electron chi connectivity index (χ4n) is 4.10. The van der Waals surface area contributed by atoms with Gasteiger partial charge in [0.25, 0.3) is 5.91 Å². The Morgan fingerprint density at radius 3 is 2.65 bits per heavy atom. The number of carbonyl (C=O) groups is 1. The summed E-state index contributed by atoms with van der Waals surface area (Å²) in [5.41, 5.74) is 2.61. The molecule has 1 amide bonds. The zero-order valence-electron chi connectivity index (χ0n) is 17.5. The maximum Gasteiger partial charge on any atom is 0.289 e. The van der Waals surface area contributed by atoms with Crippen LogP contribution in [0.3, 0.4) is 0 Å². The second-order valence-electron chi connectivity index (χ2n) is 7.98. The number of piperazine rings is 1. The Balaban J connectivity index is 1.12. The van der Waals surface area contributed by atoms with Gasteiger partial charge >= 0.3 is 0 Å². The largest absolute Gasteiger partial charge is 0.493 e. The lowest BCUT2D eigenvalue weighted by Gasteiger charge is -2.34. The lowest BCUT2D eigenvalue weighted by atomic mass is 10.1. The first-order valence-electron chi connectivity index (χ1n) is 10.8. The molecule has 0 atom stereocenters. The number of hydrogen-bond acceptors (Lipinski definition) is 5. The van der Waals surface area contributed by atoms with Crippen LogP contribution >= 0.6 is 0 Å². The van der Waals surface area contributed by atoms with Gasteiger partial charge in [-0.1, -0.05) is 30.3 Å². The quantitative estimate of drug-likeness (QED) is 0.610. The molecule has 0 unspecified atom stereocenters. The van der Waals surface area contributed by atoms with Gasteiger partial charge in [0.15, 0.2) is 5.76 Å². The number of rotatable bonds is 6. The average Bonchev–Trinajstić information content (AvgIpc) is 3.48. The average molecular weight is 418 g/mol. The van der Waals surface area contributed by atoms with E-state index in [4.69, 9.17) is 13.9 Å². The molecule has 160 valence electrons. The monoisotopic (exact) mass is 418 g/mol. The van der Waals surface area contributed by atoms with Crippen molar-refractivity contribution in [3.63, 3.8) is 0 Å². The normalized spacial score (nSPS) is 16.1. The van der Waals surface area contributed by atoms with Crippen molar-refractivity contribution in [2.45, 2.75) is 19.6 Å². The number of hydrogen-bond donors (Lipinski definition) is 0. The zero-order valence-corrected chi connectivity index (χ0v) is 17.5. The van der Waals surface area contributed by atoms with Crippen molar-refractivity contribution < 1.29 is 18.7 Å². The Morgan fingerprint density at radius 2 is 1.81 bits per heavy atom. The summed E-state index contributed by atoms with van der Waals surface area (Å²) >= 11 is 0. The van der Waals surface area contributed by atoms with Gasteiger partial charge in [-0.25, -0.2) is 0 Å². The highest BCUT2D eigenvalue weighted by atomic mass is 16.5. The fourth-order valence-corrected chi connectivity index (χ4v) is 4.10. The maximum absolute atomic E-state index is 12.8. The summed E-state index contributed by atoms with van der Waals surface area (Å²) in [6.07, 6.45) is 0.993. The molecule has 0 N–H and O–H groups in total. The summed E-state index contributed by atoms with van der Waals surface area (Å²) < 4.78 is 17.0. The minimum Gasteiger partial charge on any atom is -0.493 e. The van der Waals surface area contributed by atoms with Crippen LogP contribution in [0.4, 0.5) is 0 Å². The first-order chi connectivity index (χ1) is 15.2. The van der Waals surface area contributed by atoms with Crippen LogP contribution in [0, 0.1) is 0 Å². The van der Waals surface area contributed by atoms with Crippen LogP contribution in [0.15, 0.2) is 65.1 Å². The first-order valence-corrected chi connectivity index (χ1v) is 10.8. The van der Waals surface area contributed by atoms with E-state index >= 15 is 0 Å². The molecule has 6 nitrogen and oxygen atoms in total. The highest BCUT2D eigenvalue weighted by molar-refractivity contribution is 5.91. The van der Waals surface area contributed by atoms with Crippen molar-refractivity contribution in [3.05, 3.63) is 83.3 Å². The van der Waals surface area contributed by atoms with Crippen LogP contribution in [0.5, 0.6) is 11.5 Å². The van der Waals surface area contributed by atoms with Gasteiger partial charge in [0.2, 0.25) is 0 Å². The van der Waals surface area contributed by atoms with Gasteiger partial charge in [-0.2, -0.15) is 0 Å². The standard InChI is InChI=1S/C25H26N2O4/c28-25(24-9-7-22(31-24)18-30-21-4-2-1-3-5-21)27-13-11-26(12-14-27)17-19-6-8-23-20(16-19)10-15-29-23/h1-9,16H,10-15,17-18H2. The molecule has 2 aromatic carbocycles. The van der Waals surface area contributed by atoms with Crippen molar-refractivity contribution in [2.75, 3.05) is 32.8 Å². The van der Waals surface area contributed by atoms with E-state index in [0.29, 0.717) is 31.2 Å². The highest BCUT2D eigenvalue weighted by Crippen LogP contribution is 2.26. The van der Waals surface area contributed by atoms with E-state index in [1.54, 1.807) is 6.07 Å². The number of para-hydroxylation sites is 1. The Hall–Kier alpha value is -3.25. The second kappa shape index (κ2) is 8.86. The summed E-state index contributed by atoms with van der Waals surface area (Å²) in [7, 11) is 0. The Labute approximate surface area is 182 Å². The van der Waals surface area contributed by atoms with Crippen molar-refractivity contribution in [3.8, 4) is 11.5 Å². The molecule has 6 heteroatoms. The summed E-state index contributed by atoms with van der Waals surface area (Å²) in [6.45, 7) is 5.08. The van der Waals surface area contributed by atoms with E-state index in [0.717, 1.165) is 44.2 Å². The third kappa shape index (κ3) is 4.59. The number of carbonyl (C=O) groups excluding carboxylic acids is 1. The zero-order chi connectivity index (χ0) is 21.0. The molecule has 0 radical (unpaired) electrons. The van der Waals surface area contributed by atoms with Gasteiger partial charge < -0.3 is 18.8 Å². The van der Waals surface area contributed by atoms with Crippen molar-refractivity contribution in [1.82, 2.24) is 9.80 Å². The molecule has 1 saturated heterocycles. The smallest absolute Gasteiger partial charge is 0.289 e. The molecule has 1 aromatic heterocycles. The van der Waals surface area contributed by atoms with Crippen molar-refractivity contribution in [1.29, 1.82) is 0 Å². The van der Waals surface area contributed by atoms with Crippen LogP contribution in [0.25, 0.3) is 0 Å². The van der Waals surface area contributed by atoms with E-state index < -0.39 is 0 Å². The predicted molar refractivity (Wildman–Crippen MR) is 116 cm³/mol. The van der Waals surface area contributed by atoms with E-state index in [1.165, 1.54) is 11.1 Å². The molecule has 2 aliphatic heterocycles. The van der Waals surface area contributed by atoms with Gasteiger partial charge in [-0.05, 0) is 41.5 Å². The maximum atomic E-state index is 12.8. The number of nitrogens with zero attached hydrogens (tertiary/aromatic N) is 2. The molecule has 3 aromatic rings. The second-order valence-corrected chi connectivity index (χ2v) is 7.98. The van der Waals surface area contributed by atoms with E-state index in [9.17, 15) is 4.79 Å². The van der Waals surface area contributed by atoms with Gasteiger partial charge in [0, 0.05) is 39.1 Å². The topological polar surface area (TPSA) is 55.2 Å². The number of fused-ring (bicyclic) bond motifs is 1. The summed E-state index contributed by atoms with van der Waals surface area (Å²) in [5, 5.41) is 0. The lowest BCUT2D eigenvalue weighted by Crippen LogP contribution is -2.48. The summed E-state index contributed by atoms with van der Waals surface area (Å²) in [6, 6.07) is 19.6. The predicted octanol–water partition coefficient (Wildman–Crippen LogP) is 3.75. The van der Waals surface area contributed by atoms with Crippen molar-refractivity contribution >= 4 is 5.91 Å². The van der Waals surface area contributed by atoms with Crippen LogP contribution in [-0.2, 0) is 19.6 Å². The molecule has 3 heterocycles. The molecule has 0 spiro atoms. The SMILES string of the molecule is O=C(c1ccc(COc2ccccc2)o1)N1CCN(Cc2ccc3c(c2)CCO3)CC1. The Bertz CT molecular complexity index is 1040. The summed E-state index contributed by atoms with van der Waals surface area (Å²) in [5.74, 6) is 2.76. The van der Waals surface area contributed by atoms with Crippen LogP contribution in [0.2, 0.25) is 0 Å². The minimum atomic E-state index is -0.0553. The molecule has 1 fully saturated rings. The molecule has 0 bridgehead atoms. The van der Waals surface area contributed by atoms with Crippen LogP contribution in [-0.4, -0.2) is 48.5 Å². The van der Waals surface area contributed by atoms with Crippen LogP contribution < -0.4 is 9.47 Å². The molecule has 0 saturated carbocycles. The van der Waals surface area contributed by atoms with Gasteiger partial charge in [-0.3, -0.25) is 9.69 Å². The molecule has 0 aliphatic carbocycles. The number of ether oxygens (including phenoxy) is 2. The van der Waals surface area contributed by atoms with Gasteiger partial charge in [0.05, 0.1) is 6.61 Å². The minimum absolute atomic E-state index is 0.0553. The molecule has 31 heavy (non-hydrogen) atoms. The number of furan rings is 1. The molecule has 5 rings (SSSR count). The van der Waals surface area contributed by atoms with Gasteiger partial charge in [0.1, 0.15) is 23.9 Å². The third-order valence-corrected chi connectivity index (χ3v) is 5.82. The van der Waals surface area contributed by atoms with E-state index in [2.05, 4.69) is 23.1 Å². The summed E-state index contributed by atoms with van der Waals surface area (Å²) in [4.78, 5) is 17.1. The first kappa shape index (κ1) is 19.7. The van der Waals surface area contributed by atoms with E-state index in [-0.39, 0.29) is 5.91 Å². The Kier molecular flexibility index (Phi) is 5.63. The van der Waals surface area contributed by atoms with Crippen LogP contribution in [0.1, 0.15) is 27.4 Å². The molecular formula is C25H26N2O4. The lowest BCUT2D eigenvalue weighted by molar-refractivity contribution is 0.0594. The molecular weight excluding hydrogens is 392 g/mol. The highest BCUT2D eigenvalue weighted by Gasteiger charge is 2.24. The Morgan fingerprint density at radius 1 is 0.968 bits per heavy atom. The van der Waals surface area contributed by atoms with Gasteiger partial charge in [-0.15, -0.1) is 0 Å². The van der Waals surface area contributed by atoms with E-state index in [1.807, 2.05) is 41.3 Å². The third-order valence-electron chi connectivity index (χ3n) is 5.82. The molecule has 2 aliphatic rings. The number of benzene rings is 2.